The van der Waals surface area contributed by atoms with E-state index in [-0.39, 0.29) is 0 Å². The molecule has 7 heteroatoms. The predicted molar refractivity (Wildman–Crippen MR) is 128 cm³/mol. The summed E-state index contributed by atoms with van der Waals surface area (Å²) in [5, 5.41) is 18.7. The van der Waals surface area contributed by atoms with Gasteiger partial charge >= 0.3 is 0 Å². The van der Waals surface area contributed by atoms with E-state index in [0.717, 1.165) is 33.4 Å². The third kappa shape index (κ3) is 3.61. The standard InChI is InChI=1S/C26H18N6O/c1-2-6-18(7-3-1)25-21-8-4-5-9-22(21)26(31-30-25)29-19-10-12-20(13-11-19)33-24-15-16-27-23-14-17-28-32(23)24/h1-17H,(H,29,31). The molecule has 0 aliphatic rings. The quantitative estimate of drug-likeness (QED) is 0.368. The number of hydrogen-bond acceptors (Lipinski definition) is 6. The number of nitrogens with one attached hydrogen (secondary N) is 1. The normalized spacial score (nSPS) is 11.0. The lowest BCUT2D eigenvalue weighted by Crippen LogP contribution is -1.99. The van der Waals surface area contributed by atoms with Gasteiger partial charge in [-0.2, -0.15) is 9.61 Å². The van der Waals surface area contributed by atoms with Crippen LogP contribution in [0.25, 0.3) is 27.7 Å². The fraction of sp³-hybridized carbons (Fsp3) is 0. The number of ether oxygens (including phenoxy) is 1. The van der Waals surface area contributed by atoms with Gasteiger partial charge in [-0.15, -0.1) is 10.2 Å². The van der Waals surface area contributed by atoms with E-state index in [9.17, 15) is 0 Å². The third-order valence-corrected chi connectivity index (χ3v) is 5.33. The highest BCUT2D eigenvalue weighted by molar-refractivity contribution is 6.00. The Kier molecular flexibility index (Phi) is 4.62. The Morgan fingerprint density at radius 2 is 1.48 bits per heavy atom. The Morgan fingerprint density at radius 3 is 2.33 bits per heavy atom. The molecule has 0 bridgehead atoms. The van der Waals surface area contributed by atoms with Gasteiger partial charge in [0.25, 0.3) is 0 Å². The van der Waals surface area contributed by atoms with Gasteiger partial charge in [-0.05, 0) is 24.3 Å². The molecule has 0 atom stereocenters. The summed E-state index contributed by atoms with van der Waals surface area (Å²) in [5.41, 5.74) is 3.52. The van der Waals surface area contributed by atoms with Crippen LogP contribution in [0.2, 0.25) is 0 Å². The summed E-state index contributed by atoms with van der Waals surface area (Å²) in [4.78, 5) is 4.25. The molecular weight excluding hydrogens is 412 g/mol. The summed E-state index contributed by atoms with van der Waals surface area (Å²) in [5.74, 6) is 1.99. The van der Waals surface area contributed by atoms with Crippen molar-refractivity contribution < 1.29 is 4.74 Å². The van der Waals surface area contributed by atoms with Crippen LogP contribution in [-0.4, -0.2) is 24.8 Å². The van der Waals surface area contributed by atoms with Crippen molar-refractivity contribution in [2.45, 2.75) is 0 Å². The van der Waals surface area contributed by atoms with Crippen molar-refractivity contribution in [2.75, 3.05) is 5.32 Å². The van der Waals surface area contributed by atoms with Gasteiger partial charge in [-0.1, -0.05) is 54.6 Å². The molecule has 7 nitrogen and oxygen atoms in total. The second kappa shape index (κ2) is 8.05. The smallest absolute Gasteiger partial charge is 0.223 e. The van der Waals surface area contributed by atoms with Gasteiger partial charge in [-0.25, -0.2) is 4.98 Å². The maximum Gasteiger partial charge on any atom is 0.223 e. The van der Waals surface area contributed by atoms with E-state index < -0.39 is 0 Å². The summed E-state index contributed by atoms with van der Waals surface area (Å²) < 4.78 is 7.65. The first-order valence-electron chi connectivity index (χ1n) is 10.5. The molecule has 6 rings (SSSR count). The minimum Gasteiger partial charge on any atom is -0.439 e. The summed E-state index contributed by atoms with van der Waals surface area (Å²) in [6, 6.07) is 29.5. The SMILES string of the molecule is c1ccc(-c2nnc(Nc3ccc(Oc4ccnc5ccnn45)cc3)c3ccccc23)cc1. The molecule has 0 saturated heterocycles. The molecule has 0 amide bonds. The predicted octanol–water partition coefficient (Wildman–Crippen LogP) is 5.88. The lowest BCUT2D eigenvalue weighted by molar-refractivity contribution is 0.446. The average Bonchev–Trinajstić information content (AvgIpc) is 3.36. The fourth-order valence-electron chi connectivity index (χ4n) is 3.76. The minimum atomic E-state index is 0.596. The number of fused-ring (bicyclic) bond motifs is 2. The molecular formula is C26H18N6O. The zero-order valence-corrected chi connectivity index (χ0v) is 17.5. The number of rotatable bonds is 5. The summed E-state index contributed by atoms with van der Waals surface area (Å²) in [7, 11) is 0. The molecule has 3 aromatic carbocycles. The summed E-state index contributed by atoms with van der Waals surface area (Å²) in [6.45, 7) is 0. The van der Waals surface area contributed by atoms with E-state index in [0.29, 0.717) is 17.4 Å². The van der Waals surface area contributed by atoms with Crippen molar-refractivity contribution in [3.8, 4) is 22.9 Å². The van der Waals surface area contributed by atoms with E-state index in [1.807, 2.05) is 72.8 Å². The van der Waals surface area contributed by atoms with E-state index in [4.69, 9.17) is 4.74 Å². The van der Waals surface area contributed by atoms with Crippen molar-refractivity contribution in [1.82, 2.24) is 24.8 Å². The highest BCUT2D eigenvalue weighted by Crippen LogP contribution is 2.31. The Hall–Kier alpha value is -4.78. The summed E-state index contributed by atoms with van der Waals surface area (Å²) >= 11 is 0. The van der Waals surface area contributed by atoms with Crippen molar-refractivity contribution >= 4 is 27.9 Å². The Bertz CT molecular complexity index is 1560. The van der Waals surface area contributed by atoms with Crippen LogP contribution in [0.4, 0.5) is 11.5 Å². The number of hydrogen-bond donors (Lipinski definition) is 1. The van der Waals surface area contributed by atoms with Crippen LogP contribution in [0.15, 0.2) is 103 Å². The molecule has 158 valence electrons. The molecule has 0 saturated carbocycles. The number of benzene rings is 3. The molecule has 0 radical (unpaired) electrons. The molecule has 1 N–H and O–H groups in total. The Labute approximate surface area is 189 Å². The molecule has 0 spiro atoms. The van der Waals surface area contributed by atoms with Crippen molar-refractivity contribution in [2.24, 2.45) is 0 Å². The van der Waals surface area contributed by atoms with Crippen LogP contribution in [0.1, 0.15) is 0 Å². The van der Waals surface area contributed by atoms with Gasteiger partial charge in [0.1, 0.15) is 11.4 Å². The zero-order chi connectivity index (χ0) is 22.0. The lowest BCUT2D eigenvalue weighted by Gasteiger charge is -2.12. The van der Waals surface area contributed by atoms with Crippen LogP contribution in [0.3, 0.4) is 0 Å². The number of aromatic nitrogens is 5. The van der Waals surface area contributed by atoms with Gasteiger partial charge in [-0.3, -0.25) is 0 Å². The van der Waals surface area contributed by atoms with Crippen LogP contribution >= 0.6 is 0 Å². The maximum atomic E-state index is 5.99. The molecule has 3 aromatic heterocycles. The first kappa shape index (κ1) is 18.9. The summed E-state index contributed by atoms with van der Waals surface area (Å²) in [6.07, 6.45) is 3.39. The molecule has 0 unspecified atom stereocenters. The van der Waals surface area contributed by atoms with Gasteiger partial charge in [0.15, 0.2) is 11.5 Å². The van der Waals surface area contributed by atoms with E-state index in [1.54, 1.807) is 23.0 Å². The molecule has 0 fully saturated rings. The van der Waals surface area contributed by atoms with Gasteiger partial charge in [0.05, 0.1) is 6.20 Å². The molecule has 33 heavy (non-hydrogen) atoms. The lowest BCUT2D eigenvalue weighted by atomic mass is 10.0. The number of nitrogens with zero attached hydrogens (tertiary/aromatic N) is 5. The maximum absolute atomic E-state index is 5.99. The first-order valence-corrected chi connectivity index (χ1v) is 10.5. The topological polar surface area (TPSA) is 77.2 Å². The third-order valence-electron chi connectivity index (χ3n) is 5.33. The van der Waals surface area contributed by atoms with Crippen molar-refractivity contribution in [3.63, 3.8) is 0 Å². The van der Waals surface area contributed by atoms with E-state index >= 15 is 0 Å². The monoisotopic (exact) mass is 430 g/mol. The minimum absolute atomic E-state index is 0.596. The molecule has 3 heterocycles. The molecule has 6 aromatic rings. The average molecular weight is 430 g/mol. The van der Waals surface area contributed by atoms with Crippen LogP contribution in [0.5, 0.6) is 11.6 Å². The van der Waals surface area contributed by atoms with Crippen molar-refractivity contribution in [1.29, 1.82) is 0 Å². The van der Waals surface area contributed by atoms with Crippen LogP contribution < -0.4 is 10.1 Å². The second-order valence-corrected chi connectivity index (χ2v) is 7.44. The molecule has 0 aliphatic carbocycles. The largest absolute Gasteiger partial charge is 0.439 e. The molecule has 0 aliphatic heterocycles. The van der Waals surface area contributed by atoms with Gasteiger partial charge in [0.2, 0.25) is 5.88 Å². The highest BCUT2D eigenvalue weighted by Gasteiger charge is 2.11. The van der Waals surface area contributed by atoms with Gasteiger partial charge in [0, 0.05) is 40.4 Å². The Morgan fingerprint density at radius 1 is 0.697 bits per heavy atom. The van der Waals surface area contributed by atoms with Crippen molar-refractivity contribution in [3.05, 3.63) is 103 Å². The first-order chi connectivity index (χ1) is 16.3. The fourth-order valence-corrected chi connectivity index (χ4v) is 3.76. The zero-order valence-electron chi connectivity index (χ0n) is 17.5. The van der Waals surface area contributed by atoms with E-state index in [1.165, 1.54) is 0 Å². The highest BCUT2D eigenvalue weighted by atomic mass is 16.5. The van der Waals surface area contributed by atoms with Crippen LogP contribution in [-0.2, 0) is 0 Å². The number of anilines is 2. The second-order valence-electron chi connectivity index (χ2n) is 7.44. The Balaban J connectivity index is 1.28. The van der Waals surface area contributed by atoms with Crippen LogP contribution in [0, 0.1) is 0 Å². The van der Waals surface area contributed by atoms with Gasteiger partial charge < -0.3 is 10.1 Å². The van der Waals surface area contributed by atoms with E-state index in [2.05, 4.69) is 37.7 Å².